The first-order chi connectivity index (χ1) is 8.94. The van der Waals surface area contributed by atoms with E-state index in [2.05, 4.69) is 39.0 Å². The van der Waals surface area contributed by atoms with Crippen molar-refractivity contribution < 1.29 is 33.1 Å². The summed E-state index contributed by atoms with van der Waals surface area (Å²) in [4.78, 5) is 11.4. The summed E-state index contributed by atoms with van der Waals surface area (Å²) < 4.78 is 10.8. The van der Waals surface area contributed by atoms with E-state index < -0.39 is 0 Å². The third-order valence-corrected chi connectivity index (χ3v) is 3.31. The fourth-order valence-corrected chi connectivity index (χ4v) is 2.47. The quantitative estimate of drug-likeness (QED) is 0.457. The Morgan fingerprint density at radius 3 is 2.15 bits per heavy atom. The first-order valence-electron chi connectivity index (χ1n) is 5.63. The minimum atomic E-state index is -0.244. The average molecular weight is 376 g/mol. The molecule has 1 unspecified atom stereocenters. The van der Waals surface area contributed by atoms with E-state index in [1.807, 2.05) is 0 Å². The van der Waals surface area contributed by atoms with Crippen LogP contribution in [0, 0.1) is 6.92 Å². The van der Waals surface area contributed by atoms with Crippen LogP contribution < -0.4 is 28.3 Å². The van der Waals surface area contributed by atoms with Gasteiger partial charge in [-0.15, -0.1) is 0 Å². The van der Waals surface area contributed by atoms with Crippen LogP contribution in [0.15, 0.2) is 10.5 Å². The van der Waals surface area contributed by atoms with Gasteiger partial charge in [-0.2, -0.15) is 6.42 Å². The largest absolute Gasteiger partial charge is 1.00 e. The number of carbonyl (C=O) groups is 1. The van der Waals surface area contributed by atoms with Gasteiger partial charge in [-0.05, 0) is 22.0 Å². The Morgan fingerprint density at radius 1 is 1.40 bits per heavy atom. The van der Waals surface area contributed by atoms with Crippen molar-refractivity contribution >= 4 is 42.3 Å². The van der Waals surface area contributed by atoms with Crippen molar-refractivity contribution in [3.05, 3.63) is 28.0 Å². The molecule has 0 fully saturated rings. The van der Waals surface area contributed by atoms with E-state index in [1.54, 1.807) is 6.07 Å². The molecule has 0 radical (unpaired) electrons. The van der Waals surface area contributed by atoms with Crippen LogP contribution in [0.3, 0.4) is 0 Å². The van der Waals surface area contributed by atoms with Crippen molar-refractivity contribution in [1.82, 2.24) is 0 Å². The number of rotatable bonds is 4. The summed E-state index contributed by atoms with van der Waals surface area (Å²) in [6, 6.07) is 1.62. The molecule has 0 saturated carbocycles. The van der Waals surface area contributed by atoms with Crippen molar-refractivity contribution in [1.29, 1.82) is 0 Å². The molecule has 20 heavy (non-hydrogen) atoms. The van der Waals surface area contributed by atoms with Crippen molar-refractivity contribution in [2.45, 2.75) is 19.8 Å². The van der Waals surface area contributed by atoms with Crippen molar-refractivity contribution in [2.75, 3.05) is 14.2 Å². The molecule has 1 aromatic carbocycles. The summed E-state index contributed by atoms with van der Waals surface area (Å²) in [6.07, 6.45) is 2.28. The van der Waals surface area contributed by atoms with E-state index in [0.717, 1.165) is 6.42 Å². The average Bonchev–Trinajstić information content (AvgIpc) is 2.38. The first kappa shape index (κ1) is 22.6. The van der Waals surface area contributed by atoms with Gasteiger partial charge in [0.05, 0.1) is 23.7 Å². The normalized spacial score (nSPS) is 8.95. The zero-order valence-corrected chi connectivity index (χ0v) is 15.8. The molecule has 3 nitrogen and oxygen atoms in total. The second-order valence-electron chi connectivity index (χ2n) is 3.50. The maximum Gasteiger partial charge on any atom is 1.00 e. The topological polar surface area (TPSA) is 35.5 Å². The van der Waals surface area contributed by atoms with Crippen LogP contribution in [0.25, 0.3) is 0 Å². The monoisotopic (exact) mass is 374 g/mol. The molecule has 1 atom stereocenters. The molecule has 0 aliphatic carbocycles. The van der Waals surface area contributed by atoms with E-state index in [0.29, 0.717) is 26.6 Å². The van der Waals surface area contributed by atoms with Crippen molar-refractivity contribution in [2.24, 2.45) is 0 Å². The Kier molecular flexibility index (Phi) is 13.4. The molecule has 108 valence electrons. The predicted molar refractivity (Wildman–Crippen MR) is 86.6 cm³/mol. The van der Waals surface area contributed by atoms with Crippen LogP contribution in [0.2, 0.25) is 5.02 Å². The zero-order chi connectivity index (χ0) is 15.0. The molecule has 0 saturated heterocycles. The molecule has 0 N–H and O–H groups in total. The molecule has 0 heterocycles. The van der Waals surface area contributed by atoms with Crippen molar-refractivity contribution in [3.8, 4) is 11.5 Å². The van der Waals surface area contributed by atoms with Crippen LogP contribution in [-0.4, -0.2) is 19.7 Å². The Balaban J connectivity index is 0. The number of benzene rings is 1. The second-order valence-corrected chi connectivity index (χ2v) is 5.29. The number of carbonyl (C=O) groups excluding carboxylic acids is 1. The van der Waals surface area contributed by atoms with Gasteiger partial charge in [0, 0.05) is 0 Å². The Hall–Kier alpha value is 0.287. The molecule has 0 spiro atoms. The van der Waals surface area contributed by atoms with Crippen LogP contribution in [0.5, 0.6) is 11.5 Å². The summed E-state index contributed by atoms with van der Waals surface area (Å²) >= 11 is 9.20. The van der Waals surface area contributed by atoms with Gasteiger partial charge < -0.3 is 16.4 Å². The van der Waals surface area contributed by atoms with Crippen LogP contribution in [0.4, 0.5) is 0 Å². The van der Waals surface area contributed by atoms with E-state index in [4.69, 9.17) is 21.1 Å². The Morgan fingerprint density at radius 2 is 1.85 bits per heavy atom. The molecule has 1 rings (SSSR count). The minimum Gasteiger partial charge on any atom is -0.495 e. The van der Waals surface area contributed by atoms with Gasteiger partial charge in [0.1, 0.15) is 11.3 Å². The van der Waals surface area contributed by atoms with Crippen LogP contribution in [-0.2, 0) is 0 Å². The molecule has 0 aliphatic rings. The van der Waals surface area contributed by atoms with Gasteiger partial charge in [-0.1, -0.05) is 34.2 Å². The van der Waals surface area contributed by atoms with E-state index >= 15 is 0 Å². The molecule has 0 aromatic heterocycles. The number of hydrogen-bond acceptors (Lipinski definition) is 3. The fraction of sp³-hybridized carbons (Fsp3) is 0.385. The molecule has 0 amide bonds. The fourth-order valence-electron chi connectivity index (χ4n) is 1.21. The van der Waals surface area contributed by atoms with Crippen LogP contribution >= 0.6 is 36.8 Å². The van der Waals surface area contributed by atoms with Gasteiger partial charge in [0.25, 0.3) is 0 Å². The number of unbranched alkanes of at least 4 members (excludes halogenated alkanes) is 1. The number of hydrogen-bond donors (Lipinski definition) is 0. The van der Waals surface area contributed by atoms with Gasteiger partial charge >= 0.3 is 18.9 Å². The summed E-state index contributed by atoms with van der Waals surface area (Å²) in [7, 11) is 4.99. The van der Waals surface area contributed by atoms with Crippen LogP contribution in [0.1, 0.15) is 30.1 Å². The smallest absolute Gasteiger partial charge is 0.495 e. The standard InChI is InChI=1S/C9H9BrClO3P.C4H9.Li/c1-13-7-4(10)3-5(11)8(14-2)6(7)9(12)15;1-3-4-2;/h3H,15H2,1-2H3;1,3-4H2,2H3;/q;-1;+1. The first-order valence-corrected chi connectivity index (χ1v) is 7.38. The molecule has 0 aliphatic heterocycles. The van der Waals surface area contributed by atoms with Gasteiger partial charge in [-0.25, -0.2) is 0 Å². The minimum absolute atomic E-state index is 0. The third-order valence-electron chi connectivity index (χ3n) is 2.15. The van der Waals surface area contributed by atoms with Gasteiger partial charge in [-0.3, -0.25) is 4.79 Å². The number of halogens is 2. The maximum atomic E-state index is 11.4. The summed E-state index contributed by atoms with van der Waals surface area (Å²) in [5.41, 5.74) is 0.0660. The predicted octanol–water partition coefficient (Wildman–Crippen LogP) is 1.76. The van der Waals surface area contributed by atoms with E-state index in [9.17, 15) is 4.79 Å². The SMILES string of the molecule is COc1c(Cl)cc(Br)c(OC)c1C(=O)P.[CH2-]CCC.[Li+]. The van der Waals surface area contributed by atoms with Crippen molar-refractivity contribution in [3.63, 3.8) is 0 Å². The van der Waals surface area contributed by atoms with E-state index in [1.165, 1.54) is 20.6 Å². The zero-order valence-electron chi connectivity index (χ0n) is 12.3. The second kappa shape index (κ2) is 11.9. The summed E-state index contributed by atoms with van der Waals surface area (Å²) in [5, 5.41) is 0.357. The molecular weight excluding hydrogens is 357 g/mol. The third kappa shape index (κ3) is 6.37. The molecule has 7 heteroatoms. The Labute approximate surface area is 148 Å². The Bertz CT molecular complexity index is 414. The number of ether oxygens (including phenoxy) is 2. The number of methoxy groups -OCH3 is 2. The summed E-state index contributed by atoms with van der Waals surface area (Å²) in [6.45, 7) is 5.72. The van der Waals surface area contributed by atoms with Gasteiger partial charge in [0.2, 0.25) is 0 Å². The maximum absolute atomic E-state index is 11.4. The molecular formula is C13H18BrClLiO3P. The molecule has 1 aromatic rings. The van der Waals surface area contributed by atoms with E-state index in [-0.39, 0.29) is 24.4 Å². The molecule has 0 bridgehead atoms. The van der Waals surface area contributed by atoms with Gasteiger partial charge in [0.15, 0.2) is 11.3 Å². The summed E-state index contributed by atoms with van der Waals surface area (Å²) in [5.74, 6) is 0.730.